The molecular formula is C17H23BN2O4. The van der Waals surface area contributed by atoms with Crippen molar-refractivity contribution in [2.24, 2.45) is 11.3 Å². The molecule has 1 aliphatic rings. The molecular weight excluding hydrogens is 307 g/mol. The summed E-state index contributed by atoms with van der Waals surface area (Å²) in [7, 11) is 5.00. The molecule has 2 unspecified atom stereocenters. The lowest BCUT2D eigenvalue weighted by atomic mass is 9.79. The van der Waals surface area contributed by atoms with Crippen molar-refractivity contribution in [1.29, 1.82) is 0 Å². The van der Waals surface area contributed by atoms with E-state index in [4.69, 9.17) is 12.8 Å². The summed E-state index contributed by atoms with van der Waals surface area (Å²) in [6, 6.07) is 9.42. The molecule has 1 aromatic carbocycles. The van der Waals surface area contributed by atoms with Crippen molar-refractivity contribution in [1.82, 2.24) is 10.4 Å². The number of ether oxygens (including phenoxy) is 1. The third-order valence-electron chi connectivity index (χ3n) is 4.23. The molecule has 0 spiro atoms. The highest BCUT2D eigenvalue weighted by Gasteiger charge is 2.43. The summed E-state index contributed by atoms with van der Waals surface area (Å²) < 4.78 is 9.52. The van der Waals surface area contributed by atoms with Crippen LogP contribution in [0.5, 0.6) is 0 Å². The number of nitrogens with zero attached hydrogens (tertiary/aromatic N) is 1. The zero-order valence-electron chi connectivity index (χ0n) is 14.3. The van der Waals surface area contributed by atoms with Gasteiger partial charge in [0, 0.05) is 6.54 Å². The van der Waals surface area contributed by atoms with Crippen molar-refractivity contribution < 1.29 is 19.1 Å². The molecule has 1 heterocycles. The van der Waals surface area contributed by atoms with Gasteiger partial charge in [0.1, 0.15) is 6.61 Å². The molecule has 2 amide bonds. The number of hydrogen-bond donors (Lipinski definition) is 1. The van der Waals surface area contributed by atoms with Gasteiger partial charge in [0.05, 0.1) is 12.0 Å². The lowest BCUT2D eigenvalue weighted by Gasteiger charge is -2.33. The molecule has 24 heavy (non-hydrogen) atoms. The van der Waals surface area contributed by atoms with E-state index >= 15 is 0 Å². The second-order valence-electron chi connectivity index (χ2n) is 7.01. The molecule has 7 heteroatoms. The third kappa shape index (κ3) is 4.36. The highest BCUT2D eigenvalue weighted by atomic mass is 16.6. The fourth-order valence-corrected chi connectivity index (χ4v) is 2.83. The molecule has 0 aliphatic carbocycles. The van der Waals surface area contributed by atoms with E-state index in [2.05, 4.69) is 10.2 Å². The van der Waals surface area contributed by atoms with Gasteiger partial charge in [-0.05, 0) is 17.4 Å². The van der Waals surface area contributed by atoms with Gasteiger partial charge in [-0.15, -0.1) is 0 Å². The summed E-state index contributed by atoms with van der Waals surface area (Å²) in [5.74, 6) is -0.763. The summed E-state index contributed by atoms with van der Waals surface area (Å²) in [5.41, 5.74) is 3.19. The molecule has 128 valence electrons. The Morgan fingerprint density at radius 1 is 1.42 bits per heavy atom. The molecule has 1 aromatic rings. The van der Waals surface area contributed by atoms with Crippen molar-refractivity contribution >= 4 is 20.0 Å². The molecule has 1 aliphatic heterocycles. The molecule has 1 saturated heterocycles. The van der Waals surface area contributed by atoms with Crippen molar-refractivity contribution in [3.8, 4) is 0 Å². The van der Waals surface area contributed by atoms with Crippen LogP contribution in [0.25, 0.3) is 0 Å². The molecule has 6 nitrogen and oxygen atoms in total. The van der Waals surface area contributed by atoms with Gasteiger partial charge in [-0.2, -0.15) is 0 Å². The first-order chi connectivity index (χ1) is 11.3. The van der Waals surface area contributed by atoms with Gasteiger partial charge in [0.15, 0.2) is 0 Å². The second-order valence-corrected chi connectivity index (χ2v) is 7.01. The maximum atomic E-state index is 13.0. The van der Waals surface area contributed by atoms with Gasteiger partial charge in [-0.3, -0.25) is 4.79 Å². The zero-order valence-corrected chi connectivity index (χ0v) is 14.3. The summed E-state index contributed by atoms with van der Waals surface area (Å²) in [4.78, 5) is 26.4. The molecule has 2 radical (unpaired) electrons. The number of nitrogens with one attached hydrogen (secondary N) is 1. The Morgan fingerprint density at radius 2 is 2.08 bits per heavy atom. The Kier molecular flexibility index (Phi) is 6.02. The van der Waals surface area contributed by atoms with Crippen LogP contribution < -0.4 is 5.48 Å². The highest BCUT2D eigenvalue weighted by molar-refractivity contribution is 5.97. The topological polar surface area (TPSA) is 67.9 Å². The lowest BCUT2D eigenvalue weighted by molar-refractivity contribution is -0.137. The van der Waals surface area contributed by atoms with Crippen LogP contribution in [0.15, 0.2) is 30.3 Å². The Labute approximate surface area is 143 Å². The fraction of sp³-hybridized carbons (Fsp3) is 0.529. The Balaban J connectivity index is 2.18. The van der Waals surface area contributed by atoms with E-state index in [-0.39, 0.29) is 30.5 Å². The molecule has 1 fully saturated rings. The third-order valence-corrected chi connectivity index (χ3v) is 4.23. The van der Waals surface area contributed by atoms with Crippen LogP contribution in [0.2, 0.25) is 0 Å². The number of imide groups is 1. The Bertz CT molecular complexity index is 574. The number of cyclic esters (lactones) is 1. The number of rotatable bonds is 6. The van der Waals surface area contributed by atoms with Crippen molar-refractivity contribution in [2.75, 3.05) is 13.2 Å². The van der Waals surface area contributed by atoms with Gasteiger partial charge < -0.3 is 9.49 Å². The van der Waals surface area contributed by atoms with E-state index in [9.17, 15) is 9.59 Å². The monoisotopic (exact) mass is 330 g/mol. The van der Waals surface area contributed by atoms with Crippen molar-refractivity contribution in [3.63, 3.8) is 0 Å². The largest absolute Gasteiger partial charge is 0.447 e. The number of amides is 2. The molecule has 0 bridgehead atoms. The maximum absolute atomic E-state index is 13.0. The number of hydroxylamine groups is 1. The summed E-state index contributed by atoms with van der Waals surface area (Å²) >= 11 is 0. The van der Waals surface area contributed by atoms with Crippen LogP contribution >= 0.6 is 0 Å². The van der Waals surface area contributed by atoms with Crippen LogP contribution in [0, 0.1) is 11.3 Å². The normalized spacial score (nSPS) is 19.2. The Morgan fingerprint density at radius 3 is 2.67 bits per heavy atom. The van der Waals surface area contributed by atoms with E-state index in [0.29, 0.717) is 6.42 Å². The predicted molar refractivity (Wildman–Crippen MR) is 89.9 cm³/mol. The SMILES string of the molecule is [B]ONCC(C(=O)N1C(=O)OCC1Cc1ccccc1)C(C)(C)C. The van der Waals surface area contributed by atoms with E-state index in [1.807, 2.05) is 51.1 Å². The number of hydrogen-bond acceptors (Lipinski definition) is 5. The first-order valence-corrected chi connectivity index (χ1v) is 7.97. The molecule has 0 saturated carbocycles. The molecule has 0 aromatic heterocycles. The second kappa shape index (κ2) is 7.81. The smallest absolute Gasteiger partial charge is 0.416 e. The molecule has 2 atom stereocenters. The van der Waals surface area contributed by atoms with Gasteiger partial charge in [0.25, 0.3) is 0 Å². The maximum Gasteiger partial charge on any atom is 0.416 e. The first-order valence-electron chi connectivity index (χ1n) is 7.97. The van der Waals surface area contributed by atoms with Gasteiger partial charge in [0.2, 0.25) is 5.91 Å². The summed E-state index contributed by atoms with van der Waals surface area (Å²) in [6.07, 6.45) is -0.0282. The highest BCUT2D eigenvalue weighted by Crippen LogP contribution is 2.30. The number of benzene rings is 1. The Hall–Kier alpha value is -1.86. The molecule has 1 N–H and O–H groups in total. The summed E-state index contributed by atoms with van der Waals surface area (Å²) in [5, 5.41) is 0. The van der Waals surface area contributed by atoms with E-state index in [1.165, 1.54) is 4.90 Å². The average molecular weight is 330 g/mol. The van der Waals surface area contributed by atoms with Crippen molar-refractivity contribution in [3.05, 3.63) is 35.9 Å². The van der Waals surface area contributed by atoms with Gasteiger partial charge in [-0.25, -0.2) is 15.2 Å². The van der Waals surface area contributed by atoms with E-state index in [0.717, 1.165) is 5.56 Å². The minimum atomic E-state index is -0.594. The van der Waals surface area contributed by atoms with E-state index < -0.39 is 12.0 Å². The average Bonchev–Trinajstić information content (AvgIpc) is 2.88. The van der Waals surface area contributed by atoms with Crippen LogP contribution in [-0.4, -0.2) is 44.1 Å². The van der Waals surface area contributed by atoms with Crippen molar-refractivity contribution in [2.45, 2.75) is 33.2 Å². The molecule has 2 rings (SSSR count). The summed E-state index contributed by atoms with van der Waals surface area (Å²) in [6.45, 7) is 6.21. The van der Waals surface area contributed by atoms with E-state index in [1.54, 1.807) is 0 Å². The lowest BCUT2D eigenvalue weighted by Crippen LogP contribution is -2.49. The predicted octanol–water partition coefficient (Wildman–Crippen LogP) is 1.84. The quantitative estimate of drug-likeness (QED) is 0.637. The van der Waals surface area contributed by atoms with Crippen LogP contribution in [0.3, 0.4) is 0 Å². The minimum Gasteiger partial charge on any atom is -0.447 e. The van der Waals surface area contributed by atoms with Crippen LogP contribution in [0.1, 0.15) is 26.3 Å². The van der Waals surface area contributed by atoms with Gasteiger partial charge in [-0.1, -0.05) is 51.1 Å². The zero-order chi connectivity index (χ0) is 17.7. The minimum absolute atomic E-state index is 0.206. The standard InChI is InChI=1S/C17H23BN2O4/c1-17(2,3)14(10-19-24-18)15(21)20-13(11-23-16(20)22)9-12-7-5-4-6-8-12/h4-8,13-14,19H,9-11H2,1-3H3. The van der Waals surface area contributed by atoms with Crippen LogP contribution in [-0.2, 0) is 20.7 Å². The van der Waals surface area contributed by atoms with Gasteiger partial charge >= 0.3 is 14.1 Å². The number of carbonyl (C=O) groups is 2. The first kappa shape index (κ1) is 18.5. The van der Waals surface area contributed by atoms with Crippen LogP contribution in [0.4, 0.5) is 4.79 Å². The fourth-order valence-electron chi connectivity index (χ4n) is 2.83. The number of carbonyl (C=O) groups excluding carboxylic acids is 2.